The molecule has 4 aliphatic rings. The van der Waals surface area contributed by atoms with Crippen LogP contribution in [0.15, 0.2) is 0 Å². The molecule has 1 heterocycles. The lowest BCUT2D eigenvalue weighted by atomic mass is 9.81. The van der Waals surface area contributed by atoms with Gasteiger partial charge < -0.3 is 9.84 Å². The summed E-state index contributed by atoms with van der Waals surface area (Å²) >= 11 is 0. The number of ether oxygens (including phenoxy) is 1. The molecule has 3 aliphatic carbocycles. The molecule has 0 amide bonds. The molecule has 0 aromatic rings. The molecule has 1 saturated heterocycles. The summed E-state index contributed by atoms with van der Waals surface area (Å²) in [5.74, 6) is 1.29. The van der Waals surface area contributed by atoms with Crippen LogP contribution >= 0.6 is 0 Å². The molecule has 0 spiro atoms. The summed E-state index contributed by atoms with van der Waals surface area (Å²) < 4.78 is 5.29. The highest BCUT2D eigenvalue weighted by Crippen LogP contribution is 2.90. The zero-order chi connectivity index (χ0) is 7.38. The van der Waals surface area contributed by atoms with Crippen LogP contribution in [0.2, 0.25) is 0 Å². The van der Waals surface area contributed by atoms with E-state index in [9.17, 15) is 5.11 Å². The van der Waals surface area contributed by atoms with Crippen LogP contribution in [0.3, 0.4) is 0 Å². The van der Waals surface area contributed by atoms with Gasteiger partial charge in [-0.05, 0) is 5.92 Å². The van der Waals surface area contributed by atoms with Crippen molar-refractivity contribution in [2.24, 2.45) is 23.2 Å². The standard InChI is InChI=1S/C8H7NO2/c9-1-8-2-3(8)5(10)7-6(11-7)4(2)8/h2-7,10H. The highest BCUT2D eigenvalue weighted by atomic mass is 16.6. The number of nitriles is 1. The number of aliphatic hydroxyl groups excluding tert-OH is 1. The number of hydrogen-bond acceptors (Lipinski definition) is 3. The Morgan fingerprint density at radius 3 is 2.64 bits per heavy atom. The summed E-state index contributed by atoms with van der Waals surface area (Å²) in [4.78, 5) is 0. The van der Waals surface area contributed by atoms with E-state index in [1.807, 2.05) is 0 Å². The molecule has 4 rings (SSSR count). The average Bonchev–Trinajstić information content (AvgIpc) is 2.85. The Labute approximate surface area is 63.6 Å². The van der Waals surface area contributed by atoms with Crippen molar-refractivity contribution in [1.29, 1.82) is 5.26 Å². The van der Waals surface area contributed by atoms with Crippen LogP contribution in [-0.4, -0.2) is 23.4 Å². The van der Waals surface area contributed by atoms with Gasteiger partial charge in [-0.1, -0.05) is 0 Å². The van der Waals surface area contributed by atoms with Gasteiger partial charge in [-0.3, -0.25) is 0 Å². The molecule has 7 atom stereocenters. The lowest BCUT2D eigenvalue weighted by Gasteiger charge is -2.22. The molecule has 7 unspecified atom stereocenters. The predicted molar refractivity (Wildman–Crippen MR) is 33.2 cm³/mol. The number of epoxide rings is 1. The first-order chi connectivity index (χ1) is 5.32. The molecule has 1 aliphatic heterocycles. The van der Waals surface area contributed by atoms with Gasteiger partial charge in [0.2, 0.25) is 0 Å². The maximum Gasteiger partial charge on any atom is 0.111 e. The van der Waals surface area contributed by atoms with Crippen LogP contribution in [-0.2, 0) is 4.74 Å². The van der Waals surface area contributed by atoms with Gasteiger partial charge in [0.05, 0.1) is 23.7 Å². The van der Waals surface area contributed by atoms with E-state index in [1.54, 1.807) is 0 Å². The van der Waals surface area contributed by atoms with Gasteiger partial charge in [-0.15, -0.1) is 0 Å². The molecular formula is C8H7NO2. The Kier molecular flexibility index (Phi) is 0.480. The summed E-state index contributed by atoms with van der Waals surface area (Å²) in [6.07, 6.45) is 0.0273. The van der Waals surface area contributed by atoms with Crippen LogP contribution in [0.1, 0.15) is 0 Å². The Morgan fingerprint density at radius 2 is 2.09 bits per heavy atom. The van der Waals surface area contributed by atoms with Crippen molar-refractivity contribution in [1.82, 2.24) is 0 Å². The van der Waals surface area contributed by atoms with Gasteiger partial charge in [0, 0.05) is 11.8 Å². The second-order valence-corrected chi connectivity index (χ2v) is 4.18. The third-order valence-corrected chi connectivity index (χ3v) is 4.02. The fraction of sp³-hybridized carbons (Fsp3) is 0.875. The largest absolute Gasteiger partial charge is 0.390 e. The first kappa shape index (κ1) is 5.13. The quantitative estimate of drug-likeness (QED) is 0.473. The summed E-state index contributed by atoms with van der Waals surface area (Å²) in [6.45, 7) is 0. The molecule has 0 aromatic heterocycles. The SMILES string of the molecule is N#CC12C3C(O)C4OC4C1C32. The molecule has 1 N–H and O–H groups in total. The smallest absolute Gasteiger partial charge is 0.111 e. The van der Waals surface area contributed by atoms with Crippen molar-refractivity contribution in [3.05, 3.63) is 0 Å². The minimum Gasteiger partial charge on any atom is -0.390 e. The second kappa shape index (κ2) is 1.03. The minimum absolute atomic E-state index is 0.102. The molecule has 56 valence electrons. The first-order valence-corrected chi connectivity index (χ1v) is 4.07. The number of fused-ring (bicyclic) bond motifs is 4. The fourth-order valence-corrected chi connectivity index (χ4v) is 3.35. The Morgan fingerprint density at radius 1 is 1.27 bits per heavy atom. The molecule has 4 fully saturated rings. The van der Waals surface area contributed by atoms with Gasteiger partial charge in [0.1, 0.15) is 6.10 Å². The molecule has 0 bridgehead atoms. The molecule has 3 heteroatoms. The van der Waals surface area contributed by atoms with Crippen LogP contribution in [0, 0.1) is 34.5 Å². The predicted octanol–water partition coefficient (Wildman–Crippen LogP) is -0.486. The monoisotopic (exact) mass is 149 g/mol. The van der Waals surface area contributed by atoms with E-state index in [0.717, 1.165) is 0 Å². The zero-order valence-electron chi connectivity index (χ0n) is 5.77. The summed E-state index contributed by atoms with van der Waals surface area (Å²) in [6, 6.07) is 2.34. The molecule has 11 heavy (non-hydrogen) atoms. The van der Waals surface area contributed by atoms with E-state index in [0.29, 0.717) is 11.8 Å². The van der Waals surface area contributed by atoms with Crippen molar-refractivity contribution in [3.63, 3.8) is 0 Å². The molecular weight excluding hydrogens is 142 g/mol. The van der Waals surface area contributed by atoms with Gasteiger partial charge in [-0.25, -0.2) is 0 Å². The van der Waals surface area contributed by atoms with Gasteiger partial charge in [0.15, 0.2) is 0 Å². The zero-order valence-corrected chi connectivity index (χ0v) is 5.77. The summed E-state index contributed by atoms with van der Waals surface area (Å²) in [5, 5.41) is 18.4. The lowest BCUT2D eigenvalue weighted by molar-refractivity contribution is 0.0754. The van der Waals surface area contributed by atoms with Crippen LogP contribution in [0.5, 0.6) is 0 Å². The van der Waals surface area contributed by atoms with Crippen molar-refractivity contribution in [2.75, 3.05) is 0 Å². The van der Waals surface area contributed by atoms with E-state index in [4.69, 9.17) is 10.00 Å². The second-order valence-electron chi connectivity index (χ2n) is 4.18. The maximum atomic E-state index is 9.57. The van der Waals surface area contributed by atoms with Crippen LogP contribution < -0.4 is 0 Å². The van der Waals surface area contributed by atoms with Gasteiger partial charge in [0.25, 0.3) is 0 Å². The molecule has 0 radical (unpaired) electrons. The van der Waals surface area contributed by atoms with E-state index in [2.05, 4.69) is 6.07 Å². The summed E-state index contributed by atoms with van der Waals surface area (Å²) in [7, 11) is 0. The Bertz CT molecular complexity index is 310. The van der Waals surface area contributed by atoms with Crippen molar-refractivity contribution < 1.29 is 9.84 Å². The van der Waals surface area contributed by atoms with E-state index in [-0.39, 0.29) is 29.6 Å². The van der Waals surface area contributed by atoms with Gasteiger partial charge in [-0.2, -0.15) is 5.26 Å². The topological polar surface area (TPSA) is 56.5 Å². The fourth-order valence-electron chi connectivity index (χ4n) is 3.35. The number of nitrogens with zero attached hydrogens (tertiary/aromatic N) is 1. The van der Waals surface area contributed by atoms with Crippen molar-refractivity contribution in [3.8, 4) is 6.07 Å². The third kappa shape index (κ3) is 0.287. The van der Waals surface area contributed by atoms with Crippen LogP contribution in [0.25, 0.3) is 0 Å². The minimum atomic E-state index is -0.324. The lowest BCUT2D eigenvalue weighted by Crippen LogP contribution is -2.36. The first-order valence-electron chi connectivity index (χ1n) is 4.07. The van der Waals surface area contributed by atoms with Crippen molar-refractivity contribution in [2.45, 2.75) is 18.3 Å². The molecule has 0 aromatic carbocycles. The molecule has 3 saturated carbocycles. The maximum absolute atomic E-state index is 9.57. The van der Waals surface area contributed by atoms with E-state index >= 15 is 0 Å². The highest BCUT2D eigenvalue weighted by molar-refractivity contribution is 5.48. The van der Waals surface area contributed by atoms with Crippen LogP contribution in [0.4, 0.5) is 0 Å². The van der Waals surface area contributed by atoms with E-state index < -0.39 is 0 Å². The average molecular weight is 149 g/mol. The number of hydrogen-bond donors (Lipinski definition) is 1. The Hall–Kier alpha value is -0.590. The summed E-state index contributed by atoms with van der Waals surface area (Å²) in [5.41, 5.74) is -0.114. The highest BCUT2D eigenvalue weighted by Gasteiger charge is 2.97. The van der Waals surface area contributed by atoms with Gasteiger partial charge >= 0.3 is 0 Å². The molecule has 3 nitrogen and oxygen atoms in total. The third-order valence-electron chi connectivity index (χ3n) is 4.02. The Balaban J connectivity index is 1.83. The van der Waals surface area contributed by atoms with E-state index in [1.165, 1.54) is 0 Å². The number of rotatable bonds is 0. The van der Waals surface area contributed by atoms with Crippen molar-refractivity contribution >= 4 is 0 Å². The number of aliphatic hydroxyl groups is 1. The normalized spacial score (nSPS) is 79.3.